The summed E-state index contributed by atoms with van der Waals surface area (Å²) < 4.78 is 0. The van der Waals surface area contributed by atoms with Gasteiger partial charge in [0.15, 0.2) is 6.10 Å². The molecule has 0 aliphatic heterocycles. The third kappa shape index (κ3) is 4.60. The van der Waals surface area contributed by atoms with Gasteiger partial charge in [-0.2, -0.15) is 0 Å². The number of aliphatic hydroxyl groups is 1. The molecule has 1 aliphatic carbocycles. The first-order chi connectivity index (χ1) is 7.91. The largest absolute Gasteiger partial charge is 0.479 e. The summed E-state index contributed by atoms with van der Waals surface area (Å²) in [6.07, 6.45) is -0.228. The number of carboxylic acid groups (broad SMARTS) is 1. The quantitative estimate of drug-likeness (QED) is 0.619. The molecule has 3 unspecified atom stereocenters. The third-order valence-corrected chi connectivity index (χ3v) is 3.11. The number of carbonyl (C=O) groups is 2. The van der Waals surface area contributed by atoms with Gasteiger partial charge in [-0.15, -0.1) is 0 Å². The standard InChI is InChI=1S/C11H20N2O4/c1-7-5-8(7)6-13(2)11(17)12-4-3-9(14)10(15)16/h7-9,14H,3-6H2,1-2H3,(H,12,17)(H,15,16). The summed E-state index contributed by atoms with van der Waals surface area (Å²) >= 11 is 0. The summed E-state index contributed by atoms with van der Waals surface area (Å²) in [6.45, 7) is 3.05. The van der Waals surface area contributed by atoms with E-state index in [-0.39, 0.29) is 19.0 Å². The highest BCUT2D eigenvalue weighted by atomic mass is 16.4. The number of nitrogens with one attached hydrogen (secondary N) is 1. The average Bonchev–Trinajstić information content (AvgIpc) is 2.93. The van der Waals surface area contributed by atoms with E-state index in [0.29, 0.717) is 11.8 Å². The lowest BCUT2D eigenvalue weighted by Gasteiger charge is -2.18. The van der Waals surface area contributed by atoms with Crippen molar-refractivity contribution in [1.29, 1.82) is 0 Å². The Morgan fingerprint density at radius 1 is 1.53 bits per heavy atom. The van der Waals surface area contributed by atoms with Crippen LogP contribution in [0.25, 0.3) is 0 Å². The van der Waals surface area contributed by atoms with Crippen LogP contribution in [0.5, 0.6) is 0 Å². The lowest BCUT2D eigenvalue weighted by atomic mass is 10.2. The Kier molecular flexibility index (Phi) is 4.74. The van der Waals surface area contributed by atoms with Crippen molar-refractivity contribution in [3.63, 3.8) is 0 Å². The molecule has 1 fully saturated rings. The monoisotopic (exact) mass is 244 g/mol. The summed E-state index contributed by atoms with van der Waals surface area (Å²) in [5, 5.41) is 20.0. The average molecular weight is 244 g/mol. The zero-order valence-corrected chi connectivity index (χ0v) is 10.2. The van der Waals surface area contributed by atoms with Crippen LogP contribution in [0.3, 0.4) is 0 Å². The maximum Gasteiger partial charge on any atom is 0.332 e. The van der Waals surface area contributed by atoms with Crippen LogP contribution in [0, 0.1) is 11.8 Å². The molecule has 3 N–H and O–H groups in total. The second-order valence-corrected chi connectivity index (χ2v) is 4.73. The van der Waals surface area contributed by atoms with E-state index in [4.69, 9.17) is 10.2 Å². The normalized spacial score (nSPS) is 23.9. The zero-order valence-electron chi connectivity index (χ0n) is 10.2. The van der Waals surface area contributed by atoms with E-state index in [1.165, 1.54) is 0 Å². The minimum atomic E-state index is -1.41. The number of urea groups is 1. The molecular formula is C11H20N2O4. The smallest absolute Gasteiger partial charge is 0.332 e. The number of aliphatic carboxylic acids is 1. The van der Waals surface area contributed by atoms with Gasteiger partial charge in [-0.1, -0.05) is 6.92 Å². The van der Waals surface area contributed by atoms with Crippen molar-refractivity contribution in [1.82, 2.24) is 10.2 Å². The van der Waals surface area contributed by atoms with Crippen molar-refractivity contribution in [2.75, 3.05) is 20.1 Å². The topological polar surface area (TPSA) is 89.9 Å². The maximum atomic E-state index is 11.6. The summed E-state index contributed by atoms with van der Waals surface area (Å²) in [4.78, 5) is 23.5. The molecule has 0 aromatic rings. The molecule has 0 aromatic heterocycles. The molecule has 0 aromatic carbocycles. The fourth-order valence-corrected chi connectivity index (χ4v) is 1.66. The van der Waals surface area contributed by atoms with Crippen LogP contribution in [0.4, 0.5) is 4.79 Å². The molecule has 1 saturated carbocycles. The third-order valence-electron chi connectivity index (χ3n) is 3.11. The first-order valence-corrected chi connectivity index (χ1v) is 5.81. The van der Waals surface area contributed by atoms with Crippen LogP contribution in [-0.2, 0) is 4.79 Å². The molecule has 17 heavy (non-hydrogen) atoms. The molecule has 0 radical (unpaired) electrons. The van der Waals surface area contributed by atoms with Gasteiger partial charge in [0, 0.05) is 26.6 Å². The van der Waals surface area contributed by atoms with Gasteiger partial charge in [0.25, 0.3) is 0 Å². The lowest BCUT2D eigenvalue weighted by molar-refractivity contribution is -0.146. The van der Waals surface area contributed by atoms with Gasteiger partial charge in [0.1, 0.15) is 0 Å². The number of carbonyl (C=O) groups excluding carboxylic acids is 1. The van der Waals surface area contributed by atoms with Gasteiger partial charge in [-0.25, -0.2) is 9.59 Å². The molecule has 6 nitrogen and oxygen atoms in total. The van der Waals surface area contributed by atoms with E-state index in [0.717, 1.165) is 13.0 Å². The molecule has 2 amide bonds. The van der Waals surface area contributed by atoms with Crippen molar-refractivity contribution >= 4 is 12.0 Å². The van der Waals surface area contributed by atoms with Gasteiger partial charge >= 0.3 is 12.0 Å². The highest BCUT2D eigenvalue weighted by Gasteiger charge is 2.34. The Hall–Kier alpha value is -1.30. The summed E-state index contributed by atoms with van der Waals surface area (Å²) in [6, 6.07) is -0.221. The maximum absolute atomic E-state index is 11.6. The number of nitrogens with zero attached hydrogens (tertiary/aromatic N) is 1. The lowest BCUT2D eigenvalue weighted by Crippen LogP contribution is -2.40. The number of aliphatic hydroxyl groups excluding tert-OH is 1. The van der Waals surface area contributed by atoms with Crippen molar-refractivity contribution < 1.29 is 19.8 Å². The van der Waals surface area contributed by atoms with Crippen LogP contribution in [0.15, 0.2) is 0 Å². The highest BCUT2D eigenvalue weighted by molar-refractivity contribution is 5.74. The first kappa shape index (κ1) is 13.8. The number of amides is 2. The first-order valence-electron chi connectivity index (χ1n) is 5.81. The van der Waals surface area contributed by atoms with E-state index < -0.39 is 12.1 Å². The summed E-state index contributed by atoms with van der Waals surface area (Å²) in [5.41, 5.74) is 0. The van der Waals surface area contributed by atoms with E-state index >= 15 is 0 Å². The van der Waals surface area contributed by atoms with Gasteiger partial charge in [-0.05, 0) is 18.3 Å². The fourth-order valence-electron chi connectivity index (χ4n) is 1.66. The second-order valence-electron chi connectivity index (χ2n) is 4.73. The molecule has 0 saturated heterocycles. The Balaban J connectivity index is 2.13. The second kappa shape index (κ2) is 5.86. The van der Waals surface area contributed by atoms with E-state index in [1.54, 1.807) is 11.9 Å². The Labute approximate surface area is 101 Å². The van der Waals surface area contributed by atoms with Crippen molar-refractivity contribution in [3.8, 4) is 0 Å². The van der Waals surface area contributed by atoms with E-state index in [9.17, 15) is 9.59 Å². The predicted molar refractivity (Wildman–Crippen MR) is 61.6 cm³/mol. The predicted octanol–water partition coefficient (Wildman–Crippen LogP) is 0.119. The number of rotatable bonds is 6. The molecule has 3 atom stereocenters. The Bertz CT molecular complexity index is 295. The molecule has 0 heterocycles. The molecular weight excluding hydrogens is 224 g/mol. The Morgan fingerprint density at radius 2 is 2.12 bits per heavy atom. The van der Waals surface area contributed by atoms with Crippen molar-refractivity contribution in [3.05, 3.63) is 0 Å². The molecule has 0 bridgehead atoms. The highest BCUT2D eigenvalue weighted by Crippen LogP contribution is 2.37. The van der Waals surface area contributed by atoms with Gasteiger partial charge in [0.2, 0.25) is 0 Å². The van der Waals surface area contributed by atoms with Crippen LogP contribution >= 0.6 is 0 Å². The van der Waals surface area contributed by atoms with Crippen LogP contribution in [0.1, 0.15) is 19.8 Å². The summed E-state index contributed by atoms with van der Waals surface area (Å²) in [7, 11) is 1.72. The number of hydrogen-bond donors (Lipinski definition) is 3. The van der Waals surface area contributed by atoms with E-state index in [2.05, 4.69) is 12.2 Å². The van der Waals surface area contributed by atoms with Crippen LogP contribution < -0.4 is 5.32 Å². The number of carboxylic acids is 1. The van der Waals surface area contributed by atoms with Crippen LogP contribution in [-0.4, -0.2) is 53.4 Å². The molecule has 1 rings (SSSR count). The fraction of sp³-hybridized carbons (Fsp3) is 0.818. The van der Waals surface area contributed by atoms with Crippen LogP contribution in [0.2, 0.25) is 0 Å². The number of hydrogen-bond acceptors (Lipinski definition) is 3. The minimum absolute atomic E-state index is 0.0226. The molecule has 6 heteroatoms. The van der Waals surface area contributed by atoms with Crippen molar-refractivity contribution in [2.45, 2.75) is 25.9 Å². The van der Waals surface area contributed by atoms with Gasteiger partial charge in [-0.3, -0.25) is 0 Å². The molecule has 98 valence electrons. The zero-order chi connectivity index (χ0) is 13.0. The minimum Gasteiger partial charge on any atom is -0.479 e. The van der Waals surface area contributed by atoms with Crippen molar-refractivity contribution in [2.24, 2.45) is 11.8 Å². The van der Waals surface area contributed by atoms with Gasteiger partial charge < -0.3 is 20.4 Å². The Morgan fingerprint density at radius 3 is 2.59 bits per heavy atom. The molecule has 1 aliphatic rings. The SMILES string of the molecule is CC1CC1CN(C)C(=O)NCCC(O)C(=O)O. The van der Waals surface area contributed by atoms with Gasteiger partial charge in [0.05, 0.1) is 0 Å². The molecule has 0 spiro atoms. The summed E-state index contributed by atoms with van der Waals surface area (Å²) in [5.74, 6) is 0.0221. The van der Waals surface area contributed by atoms with E-state index in [1.807, 2.05) is 0 Å².